The molecule has 1 heterocycles. The summed E-state index contributed by atoms with van der Waals surface area (Å²) in [6.45, 7) is 2.00. The van der Waals surface area contributed by atoms with Gasteiger partial charge < -0.3 is 9.72 Å². The van der Waals surface area contributed by atoms with Crippen LogP contribution in [0.5, 0.6) is 5.75 Å². The van der Waals surface area contributed by atoms with Crippen molar-refractivity contribution in [3.05, 3.63) is 84.8 Å². The number of nitrogens with one attached hydrogen (secondary N) is 1. The molecule has 0 fully saturated rings. The van der Waals surface area contributed by atoms with E-state index in [0.717, 1.165) is 11.1 Å². The number of aromatic nitrogens is 1. The normalized spacial score (nSPS) is 12.4. The maximum absolute atomic E-state index is 12.3. The molecule has 0 amide bonds. The Hall–Kier alpha value is -2.92. The lowest BCUT2D eigenvalue weighted by Gasteiger charge is -1.99. The largest absolute Gasteiger partial charge is 0.497 e. The lowest BCUT2D eigenvalue weighted by atomic mass is 10.1. The molecule has 0 saturated heterocycles. The molecule has 0 bridgehead atoms. The maximum Gasteiger partial charge on any atom is 0.266 e. The number of methoxy groups -OCH3 is 1. The van der Waals surface area contributed by atoms with Gasteiger partial charge in [-0.2, -0.15) is 0 Å². The summed E-state index contributed by atoms with van der Waals surface area (Å²) < 4.78 is 6.18. The van der Waals surface area contributed by atoms with Gasteiger partial charge in [-0.3, -0.25) is 9.59 Å². The van der Waals surface area contributed by atoms with Crippen LogP contribution in [0.25, 0.3) is 12.2 Å². The fourth-order valence-corrected chi connectivity index (χ4v) is 3.28. The third-order valence-electron chi connectivity index (χ3n) is 3.66. The molecule has 0 aliphatic rings. The first kappa shape index (κ1) is 16.9. The summed E-state index contributed by atoms with van der Waals surface area (Å²) in [6.07, 6.45) is 3.27. The Bertz CT molecular complexity index is 1080. The molecule has 25 heavy (non-hydrogen) atoms. The third kappa shape index (κ3) is 4.14. The molecule has 2 aromatic carbocycles. The summed E-state index contributed by atoms with van der Waals surface area (Å²) in [7, 11) is 1.57. The quantitative estimate of drug-likeness (QED) is 0.734. The maximum atomic E-state index is 12.3. The van der Waals surface area contributed by atoms with E-state index in [2.05, 4.69) is 4.98 Å². The minimum absolute atomic E-state index is 0.165. The number of aromatic amines is 1. The molecule has 0 spiro atoms. The smallest absolute Gasteiger partial charge is 0.266 e. The Morgan fingerprint density at radius 2 is 1.92 bits per heavy atom. The highest BCUT2D eigenvalue weighted by molar-refractivity contribution is 7.07. The Morgan fingerprint density at radius 3 is 2.60 bits per heavy atom. The monoisotopic (exact) mass is 351 g/mol. The number of carbonyl (C=O) groups is 1. The van der Waals surface area contributed by atoms with Crippen LogP contribution < -0.4 is 19.5 Å². The topological polar surface area (TPSA) is 59.2 Å². The predicted molar refractivity (Wildman–Crippen MR) is 101 cm³/mol. The number of aryl methyl sites for hydroxylation is 1. The molecule has 3 aromatic rings. The van der Waals surface area contributed by atoms with Gasteiger partial charge in [-0.1, -0.05) is 29.8 Å². The lowest BCUT2D eigenvalue weighted by Crippen LogP contribution is -2.20. The Balaban J connectivity index is 1.94. The molecule has 126 valence electrons. The zero-order valence-corrected chi connectivity index (χ0v) is 14.7. The molecule has 0 atom stereocenters. The van der Waals surface area contributed by atoms with Crippen molar-refractivity contribution < 1.29 is 9.53 Å². The Kier molecular flexibility index (Phi) is 4.95. The predicted octanol–water partition coefficient (Wildman–Crippen LogP) is 2.25. The third-order valence-corrected chi connectivity index (χ3v) is 4.62. The highest BCUT2D eigenvalue weighted by Crippen LogP contribution is 2.12. The van der Waals surface area contributed by atoms with Gasteiger partial charge in [0.25, 0.3) is 5.56 Å². The van der Waals surface area contributed by atoms with E-state index in [4.69, 9.17) is 4.74 Å². The van der Waals surface area contributed by atoms with Crippen LogP contribution in [0.1, 0.15) is 21.5 Å². The summed E-state index contributed by atoms with van der Waals surface area (Å²) in [6, 6.07) is 14.8. The summed E-state index contributed by atoms with van der Waals surface area (Å²) in [5, 5.41) is 0. The van der Waals surface area contributed by atoms with Crippen LogP contribution in [0, 0.1) is 6.92 Å². The number of rotatable bonds is 4. The highest BCUT2D eigenvalue weighted by atomic mass is 32.1. The molecule has 0 saturated carbocycles. The van der Waals surface area contributed by atoms with Crippen molar-refractivity contribution >= 4 is 29.3 Å². The van der Waals surface area contributed by atoms with Crippen molar-refractivity contribution in [1.29, 1.82) is 0 Å². The number of ether oxygens (including phenoxy) is 1. The van der Waals surface area contributed by atoms with Crippen molar-refractivity contribution in [2.75, 3.05) is 7.11 Å². The van der Waals surface area contributed by atoms with E-state index in [1.54, 1.807) is 31.4 Å². The van der Waals surface area contributed by atoms with Crippen LogP contribution in [-0.4, -0.2) is 17.9 Å². The van der Waals surface area contributed by atoms with E-state index in [1.807, 2.05) is 37.3 Å². The molecule has 0 aliphatic carbocycles. The van der Waals surface area contributed by atoms with E-state index < -0.39 is 0 Å². The zero-order chi connectivity index (χ0) is 17.8. The van der Waals surface area contributed by atoms with E-state index in [9.17, 15) is 9.59 Å². The molecule has 3 rings (SSSR count). The second-order valence-electron chi connectivity index (χ2n) is 5.58. The first-order chi connectivity index (χ1) is 12.0. The number of carbonyl (C=O) groups excluding carboxylic acids is 1. The molecular formula is C20H17NO3S. The number of Topliss-reactive ketones (excluding diaryl/α,β-unsaturated/α-hetero) is 1. The van der Waals surface area contributed by atoms with E-state index in [1.165, 1.54) is 17.4 Å². The average Bonchev–Trinajstić information content (AvgIpc) is 2.94. The zero-order valence-electron chi connectivity index (χ0n) is 13.9. The summed E-state index contributed by atoms with van der Waals surface area (Å²) >= 11 is 1.27. The van der Waals surface area contributed by atoms with Crippen LogP contribution in [0.15, 0.2) is 53.3 Å². The van der Waals surface area contributed by atoms with E-state index in [-0.39, 0.29) is 11.3 Å². The average molecular weight is 351 g/mol. The van der Waals surface area contributed by atoms with Gasteiger partial charge >= 0.3 is 0 Å². The van der Waals surface area contributed by atoms with Gasteiger partial charge in [0.1, 0.15) is 5.75 Å². The van der Waals surface area contributed by atoms with Crippen molar-refractivity contribution in [3.63, 3.8) is 0 Å². The van der Waals surface area contributed by atoms with Crippen molar-refractivity contribution in [1.82, 2.24) is 4.98 Å². The van der Waals surface area contributed by atoms with Crippen LogP contribution in [0.2, 0.25) is 0 Å². The number of hydrogen-bond donors (Lipinski definition) is 1. The molecule has 0 aliphatic heterocycles. The van der Waals surface area contributed by atoms with Gasteiger partial charge in [-0.25, -0.2) is 0 Å². The molecule has 1 aromatic heterocycles. The molecule has 0 unspecified atom stereocenters. The Labute approximate surface area is 148 Å². The second-order valence-corrected chi connectivity index (χ2v) is 6.66. The number of ketones is 1. The van der Waals surface area contributed by atoms with E-state index in [0.29, 0.717) is 20.5 Å². The summed E-state index contributed by atoms with van der Waals surface area (Å²) in [5.74, 6) is 0.526. The standard InChI is InChI=1S/C20H17NO3S/c1-13-4-3-5-14(10-13)11-18-20(23)21-19(25-18)12-17(22)15-6-8-16(24-2)9-7-15/h3-12H,1-2H3,(H,21,23)/b18-11-,19-12-. The van der Waals surface area contributed by atoms with Crippen LogP contribution in [0.3, 0.4) is 0 Å². The van der Waals surface area contributed by atoms with Crippen molar-refractivity contribution in [3.8, 4) is 5.75 Å². The molecule has 1 N–H and O–H groups in total. The SMILES string of the molecule is COc1ccc(C(=O)/C=c2/[nH]c(=O)/c(=C/c3cccc(C)c3)s2)cc1. The van der Waals surface area contributed by atoms with Gasteiger partial charge in [0.15, 0.2) is 5.78 Å². The summed E-state index contributed by atoms with van der Waals surface area (Å²) in [4.78, 5) is 27.2. The first-order valence-electron chi connectivity index (χ1n) is 7.73. The molecular weight excluding hydrogens is 334 g/mol. The van der Waals surface area contributed by atoms with Gasteiger partial charge in [0.05, 0.1) is 16.3 Å². The number of H-pyrrole nitrogens is 1. The number of thiazole rings is 1. The van der Waals surface area contributed by atoms with Gasteiger partial charge in [0, 0.05) is 11.6 Å². The van der Waals surface area contributed by atoms with Gasteiger partial charge in [0.2, 0.25) is 0 Å². The van der Waals surface area contributed by atoms with Crippen LogP contribution >= 0.6 is 11.3 Å². The second kappa shape index (κ2) is 7.32. The van der Waals surface area contributed by atoms with Gasteiger partial charge in [-0.05, 0) is 42.8 Å². The molecule has 4 nitrogen and oxygen atoms in total. The highest BCUT2D eigenvalue weighted by Gasteiger charge is 2.04. The fourth-order valence-electron chi connectivity index (χ4n) is 2.39. The first-order valence-corrected chi connectivity index (χ1v) is 8.54. The molecule has 0 radical (unpaired) electrons. The van der Waals surface area contributed by atoms with Gasteiger partial charge in [-0.15, -0.1) is 11.3 Å². The van der Waals surface area contributed by atoms with Crippen LogP contribution in [-0.2, 0) is 0 Å². The van der Waals surface area contributed by atoms with Crippen molar-refractivity contribution in [2.24, 2.45) is 0 Å². The number of benzene rings is 2. The van der Waals surface area contributed by atoms with Crippen LogP contribution in [0.4, 0.5) is 0 Å². The minimum atomic E-state index is -0.194. The number of hydrogen-bond acceptors (Lipinski definition) is 4. The van der Waals surface area contributed by atoms with Crippen molar-refractivity contribution in [2.45, 2.75) is 6.92 Å². The van der Waals surface area contributed by atoms with E-state index >= 15 is 0 Å². The minimum Gasteiger partial charge on any atom is -0.497 e. The lowest BCUT2D eigenvalue weighted by molar-refractivity contribution is 0.106. The molecule has 5 heteroatoms. The fraction of sp³-hybridized carbons (Fsp3) is 0.100. The summed E-state index contributed by atoms with van der Waals surface area (Å²) in [5.41, 5.74) is 2.43. The Morgan fingerprint density at radius 1 is 1.16 bits per heavy atom.